The van der Waals surface area contributed by atoms with Gasteiger partial charge in [-0.05, 0) is 30.3 Å². The number of hydrogen-bond donors (Lipinski definition) is 2. The molecule has 2 aromatic carbocycles. The molecular weight excluding hydrogens is 412 g/mol. The Balaban J connectivity index is 1.93. The number of carbonyl (C=O) groups excluding carboxylic acids is 4. The number of methoxy groups -OCH3 is 1. The summed E-state index contributed by atoms with van der Waals surface area (Å²) < 4.78 is 4.47. The normalized spacial score (nSPS) is 9.88. The number of ether oxygens (including phenoxy) is 1. The van der Waals surface area contributed by atoms with E-state index in [2.05, 4.69) is 15.4 Å². The smallest absolute Gasteiger partial charge is 0.325 e. The molecule has 2 aromatic rings. The topological polar surface area (TPSA) is 129 Å². The second-order valence-corrected chi connectivity index (χ2v) is 6.68. The van der Waals surface area contributed by atoms with Crippen LogP contribution in [0.15, 0.2) is 54.6 Å². The molecule has 0 aliphatic heterocycles. The highest BCUT2D eigenvalue weighted by Gasteiger charge is 2.17. The predicted octanol–water partition coefficient (Wildman–Crippen LogP) is 2.25. The second kappa shape index (κ2) is 12.5. The van der Waals surface area contributed by atoms with Gasteiger partial charge in [0.2, 0.25) is 11.8 Å². The molecule has 166 valence electrons. The van der Waals surface area contributed by atoms with E-state index in [9.17, 15) is 19.2 Å². The molecule has 0 saturated heterocycles. The molecule has 0 radical (unpaired) electrons. The van der Waals surface area contributed by atoms with Gasteiger partial charge in [-0.15, -0.1) is 0 Å². The lowest BCUT2D eigenvalue weighted by Crippen LogP contribution is -2.32. The van der Waals surface area contributed by atoms with E-state index in [1.54, 1.807) is 42.5 Å². The maximum absolute atomic E-state index is 12.6. The van der Waals surface area contributed by atoms with Crippen molar-refractivity contribution in [3.05, 3.63) is 60.2 Å². The molecule has 0 heterocycles. The van der Waals surface area contributed by atoms with Gasteiger partial charge in [0.05, 0.1) is 19.6 Å². The summed E-state index contributed by atoms with van der Waals surface area (Å²) >= 11 is 0. The van der Waals surface area contributed by atoms with Crippen molar-refractivity contribution in [1.29, 1.82) is 5.26 Å². The van der Waals surface area contributed by atoms with Gasteiger partial charge in [0, 0.05) is 36.3 Å². The van der Waals surface area contributed by atoms with Gasteiger partial charge in [-0.3, -0.25) is 19.2 Å². The van der Waals surface area contributed by atoms with Crippen molar-refractivity contribution in [1.82, 2.24) is 5.32 Å². The highest BCUT2D eigenvalue weighted by Crippen LogP contribution is 2.16. The van der Waals surface area contributed by atoms with Gasteiger partial charge >= 0.3 is 5.97 Å². The fourth-order valence-electron chi connectivity index (χ4n) is 2.81. The van der Waals surface area contributed by atoms with Crippen LogP contribution in [0.2, 0.25) is 0 Å². The summed E-state index contributed by atoms with van der Waals surface area (Å²) in [7, 11) is 1.22. The summed E-state index contributed by atoms with van der Waals surface area (Å²) in [6.45, 7) is -0.0263. The van der Waals surface area contributed by atoms with Crippen molar-refractivity contribution in [3.8, 4) is 6.07 Å². The average molecular weight is 436 g/mol. The van der Waals surface area contributed by atoms with Crippen LogP contribution in [0.3, 0.4) is 0 Å². The van der Waals surface area contributed by atoms with Crippen molar-refractivity contribution in [2.75, 3.05) is 30.4 Å². The Labute approximate surface area is 186 Å². The number of nitrogens with zero attached hydrogens (tertiary/aromatic N) is 2. The van der Waals surface area contributed by atoms with E-state index in [0.29, 0.717) is 11.4 Å². The molecule has 9 nitrogen and oxygen atoms in total. The summed E-state index contributed by atoms with van der Waals surface area (Å²) in [4.78, 5) is 49.7. The third kappa shape index (κ3) is 7.57. The van der Waals surface area contributed by atoms with E-state index in [0.717, 1.165) is 0 Å². The molecular formula is C23H24N4O5. The van der Waals surface area contributed by atoms with Crippen molar-refractivity contribution in [2.24, 2.45) is 0 Å². The van der Waals surface area contributed by atoms with Gasteiger partial charge in [-0.2, -0.15) is 5.26 Å². The Bertz CT molecular complexity index is 1000. The molecule has 0 aliphatic rings. The minimum Gasteiger partial charge on any atom is -0.468 e. The number of carbonyl (C=O) groups is 4. The molecule has 2 rings (SSSR count). The van der Waals surface area contributed by atoms with Crippen LogP contribution < -0.4 is 15.5 Å². The molecule has 2 N–H and O–H groups in total. The molecule has 0 unspecified atom stereocenters. The van der Waals surface area contributed by atoms with Crippen LogP contribution in [0.5, 0.6) is 0 Å². The lowest BCUT2D eigenvalue weighted by Gasteiger charge is -2.21. The number of amides is 3. The van der Waals surface area contributed by atoms with E-state index < -0.39 is 17.8 Å². The van der Waals surface area contributed by atoms with E-state index in [4.69, 9.17) is 5.26 Å². The van der Waals surface area contributed by atoms with E-state index >= 15 is 0 Å². The molecule has 0 bridgehead atoms. The van der Waals surface area contributed by atoms with E-state index in [1.165, 1.54) is 18.1 Å². The number of anilines is 2. The fourth-order valence-corrected chi connectivity index (χ4v) is 2.81. The number of benzene rings is 2. The maximum Gasteiger partial charge on any atom is 0.325 e. The SMILES string of the molecule is COC(=O)CNC(=O)c1cccc(NC(=O)CCC(=O)N(CCC#N)c2ccccc2)c1. The van der Waals surface area contributed by atoms with Crippen molar-refractivity contribution < 1.29 is 23.9 Å². The Morgan fingerprint density at radius 1 is 1.03 bits per heavy atom. The fraction of sp³-hybridized carbons (Fsp3) is 0.261. The van der Waals surface area contributed by atoms with Gasteiger partial charge in [0.15, 0.2) is 0 Å². The highest BCUT2D eigenvalue weighted by atomic mass is 16.5. The van der Waals surface area contributed by atoms with Gasteiger partial charge in [-0.25, -0.2) is 0 Å². The molecule has 0 aromatic heterocycles. The van der Waals surface area contributed by atoms with Crippen LogP contribution in [-0.4, -0.2) is 43.9 Å². The highest BCUT2D eigenvalue weighted by molar-refractivity contribution is 6.00. The zero-order valence-corrected chi connectivity index (χ0v) is 17.7. The number of hydrogen-bond acceptors (Lipinski definition) is 6. The maximum atomic E-state index is 12.6. The summed E-state index contributed by atoms with van der Waals surface area (Å²) in [5.41, 5.74) is 1.31. The van der Waals surface area contributed by atoms with Gasteiger partial charge < -0.3 is 20.3 Å². The van der Waals surface area contributed by atoms with Crippen LogP contribution in [0.1, 0.15) is 29.6 Å². The largest absolute Gasteiger partial charge is 0.468 e. The lowest BCUT2D eigenvalue weighted by atomic mass is 10.1. The van der Waals surface area contributed by atoms with Crippen molar-refractivity contribution >= 4 is 35.1 Å². The Morgan fingerprint density at radius 2 is 1.78 bits per heavy atom. The first-order valence-corrected chi connectivity index (χ1v) is 9.92. The first-order chi connectivity index (χ1) is 15.4. The summed E-state index contributed by atoms with van der Waals surface area (Å²) in [5, 5.41) is 13.9. The monoisotopic (exact) mass is 436 g/mol. The Hall–Kier alpha value is -4.19. The van der Waals surface area contributed by atoms with E-state index in [-0.39, 0.29) is 43.8 Å². The Morgan fingerprint density at radius 3 is 2.47 bits per heavy atom. The number of nitrogens with one attached hydrogen (secondary N) is 2. The molecule has 0 atom stereocenters. The number of nitriles is 1. The standard InChI is InChI=1S/C23H24N4O5/c1-32-22(30)16-25-23(31)17-7-5-8-18(15-17)26-20(28)11-12-21(29)27(14-6-13-24)19-9-3-2-4-10-19/h2-5,7-10,15H,6,11-12,14,16H2,1H3,(H,25,31)(H,26,28). The third-order valence-corrected chi connectivity index (χ3v) is 4.41. The molecule has 0 aliphatic carbocycles. The van der Waals surface area contributed by atoms with Crippen molar-refractivity contribution in [2.45, 2.75) is 19.3 Å². The zero-order chi connectivity index (χ0) is 23.3. The molecule has 3 amide bonds. The second-order valence-electron chi connectivity index (χ2n) is 6.68. The van der Waals surface area contributed by atoms with Gasteiger partial charge in [-0.1, -0.05) is 24.3 Å². The lowest BCUT2D eigenvalue weighted by molar-refractivity contribution is -0.139. The summed E-state index contributed by atoms with van der Waals surface area (Å²) in [6, 6.07) is 17.2. The molecule has 0 saturated carbocycles. The van der Waals surface area contributed by atoms with Crippen LogP contribution in [0.4, 0.5) is 11.4 Å². The zero-order valence-electron chi connectivity index (χ0n) is 17.7. The molecule has 0 fully saturated rings. The molecule has 0 spiro atoms. The van der Waals surface area contributed by atoms with Gasteiger partial charge in [0.25, 0.3) is 5.91 Å². The molecule has 32 heavy (non-hydrogen) atoms. The minimum absolute atomic E-state index is 0.0362. The van der Waals surface area contributed by atoms with Crippen LogP contribution in [0, 0.1) is 11.3 Å². The quantitative estimate of drug-likeness (QED) is 0.550. The first-order valence-electron chi connectivity index (χ1n) is 9.92. The number of esters is 1. The first kappa shape index (κ1) is 24.1. The van der Waals surface area contributed by atoms with Crippen LogP contribution in [-0.2, 0) is 19.1 Å². The predicted molar refractivity (Wildman–Crippen MR) is 118 cm³/mol. The van der Waals surface area contributed by atoms with Crippen molar-refractivity contribution in [3.63, 3.8) is 0 Å². The minimum atomic E-state index is -0.577. The molecule has 9 heteroatoms. The van der Waals surface area contributed by atoms with E-state index in [1.807, 2.05) is 12.1 Å². The number of para-hydroxylation sites is 1. The van der Waals surface area contributed by atoms with Gasteiger partial charge in [0.1, 0.15) is 6.54 Å². The average Bonchev–Trinajstić information content (AvgIpc) is 2.82. The summed E-state index contributed by atoms with van der Waals surface area (Å²) in [6.07, 6.45) is 0.0800. The third-order valence-electron chi connectivity index (χ3n) is 4.41. The Kier molecular flexibility index (Phi) is 9.40. The van der Waals surface area contributed by atoms with Crippen LogP contribution >= 0.6 is 0 Å². The summed E-state index contributed by atoms with van der Waals surface area (Å²) in [5.74, 6) is -1.72. The van der Waals surface area contributed by atoms with Crippen LogP contribution in [0.25, 0.3) is 0 Å². The number of rotatable bonds is 10.